The van der Waals surface area contributed by atoms with E-state index in [1.165, 1.54) is 6.92 Å². The molecule has 0 bridgehead atoms. The van der Waals surface area contributed by atoms with Crippen LogP contribution in [0.4, 0.5) is 5.69 Å². The minimum absolute atomic E-state index is 0.0387. The van der Waals surface area contributed by atoms with Crippen LogP contribution < -0.4 is 5.32 Å². The Hall–Kier alpha value is -2.89. The highest BCUT2D eigenvalue weighted by atomic mass is 16.3. The van der Waals surface area contributed by atoms with Crippen molar-refractivity contribution in [2.45, 2.75) is 33.6 Å². The van der Waals surface area contributed by atoms with Gasteiger partial charge < -0.3 is 14.2 Å². The number of nitrogens with one attached hydrogen (secondary N) is 1. The van der Waals surface area contributed by atoms with Crippen LogP contribution in [0.5, 0.6) is 0 Å². The Labute approximate surface area is 138 Å². The lowest BCUT2D eigenvalue weighted by molar-refractivity contribution is -0.116. The number of fused-ring (bicyclic) bond motifs is 1. The van der Waals surface area contributed by atoms with E-state index in [0.29, 0.717) is 46.2 Å². The summed E-state index contributed by atoms with van der Waals surface area (Å²) in [5, 5.41) is 2.83. The molecule has 0 spiro atoms. The van der Waals surface area contributed by atoms with Gasteiger partial charge in [0.25, 0.3) is 0 Å². The lowest BCUT2D eigenvalue weighted by Crippen LogP contribution is -2.12. The van der Waals surface area contributed by atoms with E-state index in [2.05, 4.69) is 10.3 Å². The Kier molecular flexibility index (Phi) is 4.20. The van der Waals surface area contributed by atoms with Gasteiger partial charge in [0.05, 0.1) is 5.56 Å². The van der Waals surface area contributed by atoms with E-state index >= 15 is 0 Å². The van der Waals surface area contributed by atoms with E-state index in [9.17, 15) is 9.59 Å². The zero-order chi connectivity index (χ0) is 17.3. The zero-order valence-electron chi connectivity index (χ0n) is 13.8. The number of rotatable bonds is 5. The average molecular weight is 326 g/mol. The van der Waals surface area contributed by atoms with Gasteiger partial charge in [0.1, 0.15) is 17.0 Å². The molecular weight excluding hydrogens is 308 g/mol. The smallest absolute Gasteiger partial charge is 0.224 e. The molecule has 24 heavy (non-hydrogen) atoms. The molecule has 0 aliphatic heterocycles. The molecule has 2 aromatic heterocycles. The van der Waals surface area contributed by atoms with Gasteiger partial charge in [-0.1, -0.05) is 0 Å². The maximum atomic E-state index is 12.1. The van der Waals surface area contributed by atoms with Gasteiger partial charge in [0.15, 0.2) is 17.3 Å². The van der Waals surface area contributed by atoms with Crippen LogP contribution in [0.3, 0.4) is 0 Å². The highest BCUT2D eigenvalue weighted by molar-refractivity contribution is 5.95. The number of anilines is 1. The fourth-order valence-electron chi connectivity index (χ4n) is 2.60. The number of furan rings is 1. The fourth-order valence-corrected chi connectivity index (χ4v) is 2.60. The Morgan fingerprint density at radius 3 is 2.67 bits per heavy atom. The van der Waals surface area contributed by atoms with E-state index in [0.717, 1.165) is 0 Å². The molecule has 0 saturated carbocycles. The predicted molar refractivity (Wildman–Crippen MR) is 89.1 cm³/mol. The van der Waals surface area contributed by atoms with Gasteiger partial charge >= 0.3 is 0 Å². The van der Waals surface area contributed by atoms with Crippen LogP contribution in [0.1, 0.15) is 41.1 Å². The van der Waals surface area contributed by atoms with Gasteiger partial charge in [-0.05, 0) is 38.1 Å². The number of oxazole rings is 1. The minimum Gasteiger partial charge on any atom is -0.466 e. The molecule has 0 fully saturated rings. The van der Waals surface area contributed by atoms with Crippen molar-refractivity contribution in [3.63, 3.8) is 0 Å². The van der Waals surface area contributed by atoms with Crippen molar-refractivity contribution in [3.05, 3.63) is 47.2 Å². The van der Waals surface area contributed by atoms with E-state index in [4.69, 9.17) is 8.83 Å². The maximum absolute atomic E-state index is 12.1. The Balaban J connectivity index is 1.62. The number of benzene rings is 1. The highest BCUT2D eigenvalue weighted by Crippen LogP contribution is 2.20. The number of hydrogen-bond acceptors (Lipinski definition) is 5. The molecule has 3 rings (SSSR count). The van der Waals surface area contributed by atoms with Gasteiger partial charge in [-0.2, -0.15) is 0 Å². The predicted octanol–water partition coefficient (Wildman–Crippen LogP) is 3.81. The van der Waals surface area contributed by atoms with Crippen LogP contribution >= 0.6 is 0 Å². The lowest BCUT2D eigenvalue weighted by Gasteiger charge is -2.04. The van der Waals surface area contributed by atoms with E-state index < -0.39 is 0 Å². The van der Waals surface area contributed by atoms with Crippen molar-refractivity contribution in [2.24, 2.45) is 0 Å². The number of nitrogens with zero attached hydrogens (tertiary/aromatic N) is 1. The number of aryl methyl sites for hydroxylation is 3. The SMILES string of the molecule is CC(=O)c1cc(CCC(=O)Nc2ccc3oc(C)nc3c2)oc1C. The van der Waals surface area contributed by atoms with E-state index in [1.807, 2.05) is 0 Å². The van der Waals surface area contributed by atoms with Crippen molar-refractivity contribution < 1.29 is 18.4 Å². The topological polar surface area (TPSA) is 85.3 Å². The number of ketones is 1. The Bertz CT molecular complexity index is 920. The van der Waals surface area contributed by atoms with Crippen molar-refractivity contribution in [1.29, 1.82) is 0 Å². The standard InChI is InChI=1S/C18H18N2O4/c1-10(21)15-9-14(23-11(15)2)5-7-18(22)20-13-4-6-17-16(8-13)19-12(3)24-17/h4,6,8-9H,5,7H2,1-3H3,(H,20,22). The molecule has 0 unspecified atom stereocenters. The summed E-state index contributed by atoms with van der Waals surface area (Å²) in [6.45, 7) is 5.02. The van der Waals surface area contributed by atoms with E-state index in [1.54, 1.807) is 38.1 Å². The molecule has 0 saturated heterocycles. The number of Topliss-reactive ketones (excluding diaryl/α,β-unsaturated/α-hetero) is 1. The molecule has 1 aromatic carbocycles. The second-order valence-corrected chi connectivity index (χ2v) is 5.70. The maximum Gasteiger partial charge on any atom is 0.224 e. The quantitative estimate of drug-likeness (QED) is 0.721. The third kappa shape index (κ3) is 3.37. The minimum atomic E-state index is -0.131. The molecule has 3 aromatic rings. The second kappa shape index (κ2) is 6.31. The van der Waals surface area contributed by atoms with Gasteiger partial charge in [0.2, 0.25) is 5.91 Å². The van der Waals surface area contributed by atoms with Crippen molar-refractivity contribution in [2.75, 3.05) is 5.32 Å². The molecule has 1 N–H and O–H groups in total. The molecule has 0 aliphatic carbocycles. The van der Waals surface area contributed by atoms with Gasteiger partial charge in [-0.15, -0.1) is 0 Å². The van der Waals surface area contributed by atoms with Gasteiger partial charge in [-0.25, -0.2) is 4.98 Å². The monoisotopic (exact) mass is 326 g/mol. The number of hydrogen-bond donors (Lipinski definition) is 1. The number of aromatic nitrogens is 1. The molecule has 0 aliphatic rings. The summed E-state index contributed by atoms with van der Waals surface area (Å²) >= 11 is 0. The average Bonchev–Trinajstić information content (AvgIpc) is 3.06. The Morgan fingerprint density at radius 1 is 1.17 bits per heavy atom. The van der Waals surface area contributed by atoms with Gasteiger partial charge in [-0.3, -0.25) is 9.59 Å². The summed E-state index contributed by atoms with van der Waals surface area (Å²) in [6.07, 6.45) is 0.700. The zero-order valence-corrected chi connectivity index (χ0v) is 13.8. The number of amides is 1. The molecule has 124 valence electrons. The highest BCUT2D eigenvalue weighted by Gasteiger charge is 2.13. The Morgan fingerprint density at radius 2 is 1.96 bits per heavy atom. The summed E-state index contributed by atoms with van der Waals surface area (Å²) in [5.41, 5.74) is 2.63. The first-order valence-corrected chi connectivity index (χ1v) is 7.69. The van der Waals surface area contributed by atoms with Crippen LogP contribution in [-0.4, -0.2) is 16.7 Å². The molecule has 6 heteroatoms. The van der Waals surface area contributed by atoms with Crippen LogP contribution in [0.15, 0.2) is 33.1 Å². The van der Waals surface area contributed by atoms with Crippen molar-refractivity contribution >= 4 is 28.5 Å². The summed E-state index contributed by atoms with van der Waals surface area (Å²) in [7, 11) is 0. The number of carbonyl (C=O) groups excluding carboxylic acids is 2. The van der Waals surface area contributed by atoms with E-state index in [-0.39, 0.29) is 18.1 Å². The molecule has 0 radical (unpaired) electrons. The van der Waals surface area contributed by atoms with Gasteiger partial charge in [0, 0.05) is 25.5 Å². The first kappa shape index (κ1) is 16.0. The van der Waals surface area contributed by atoms with Crippen LogP contribution in [-0.2, 0) is 11.2 Å². The third-order valence-corrected chi connectivity index (χ3v) is 3.72. The third-order valence-electron chi connectivity index (χ3n) is 3.72. The molecule has 6 nitrogen and oxygen atoms in total. The summed E-state index contributed by atoms with van der Waals surface area (Å²) in [4.78, 5) is 27.7. The number of carbonyl (C=O) groups is 2. The van der Waals surface area contributed by atoms with Crippen LogP contribution in [0.25, 0.3) is 11.1 Å². The molecule has 1 amide bonds. The molecule has 0 atom stereocenters. The first-order valence-electron chi connectivity index (χ1n) is 7.69. The summed E-state index contributed by atoms with van der Waals surface area (Å²) in [5.74, 6) is 1.64. The summed E-state index contributed by atoms with van der Waals surface area (Å²) in [6, 6.07) is 7.03. The second-order valence-electron chi connectivity index (χ2n) is 5.70. The fraction of sp³-hybridized carbons (Fsp3) is 0.278. The lowest BCUT2D eigenvalue weighted by atomic mass is 10.1. The molecule has 2 heterocycles. The summed E-state index contributed by atoms with van der Waals surface area (Å²) < 4.78 is 10.9. The normalized spacial score (nSPS) is 11.0. The van der Waals surface area contributed by atoms with Crippen molar-refractivity contribution in [1.82, 2.24) is 4.98 Å². The van der Waals surface area contributed by atoms with Crippen LogP contribution in [0, 0.1) is 13.8 Å². The molecular formula is C18H18N2O4. The van der Waals surface area contributed by atoms with Crippen molar-refractivity contribution in [3.8, 4) is 0 Å². The van der Waals surface area contributed by atoms with Crippen LogP contribution in [0.2, 0.25) is 0 Å². The first-order chi connectivity index (χ1) is 11.4. The largest absolute Gasteiger partial charge is 0.466 e.